The topological polar surface area (TPSA) is 71.3 Å². The van der Waals surface area contributed by atoms with E-state index in [1.54, 1.807) is 24.3 Å². The van der Waals surface area contributed by atoms with Crippen molar-refractivity contribution in [3.05, 3.63) is 76.7 Å². The summed E-state index contributed by atoms with van der Waals surface area (Å²) in [5.74, 6) is -1.65. The number of nitrogens with zero attached hydrogens (tertiary/aromatic N) is 3. The highest BCUT2D eigenvalue weighted by molar-refractivity contribution is 6.34. The Kier molecular flexibility index (Phi) is 5.04. The summed E-state index contributed by atoms with van der Waals surface area (Å²) in [5, 5.41) is 9.73. The molecule has 4 aromatic rings. The number of rotatable bonds is 3. The second-order valence-corrected chi connectivity index (χ2v) is 6.74. The fraction of sp³-hybridized carbons (Fsp3) is 0. The summed E-state index contributed by atoms with van der Waals surface area (Å²) in [6.45, 7) is 0. The standard InChI is InChI=1S/C19H11Cl2F2N5O/c20-12-4-2-1-3-11(12)17-15(8-24-28-9-16(21)27-18(17)28)26-19(29)25-14-6-5-10(22)7-13(14)23/h1-9H,(H2,25,26,29). The zero-order chi connectivity index (χ0) is 20.5. The van der Waals surface area contributed by atoms with Gasteiger partial charge in [-0.2, -0.15) is 5.10 Å². The number of nitrogens with one attached hydrogen (secondary N) is 2. The van der Waals surface area contributed by atoms with Crippen molar-refractivity contribution >= 4 is 46.3 Å². The average Bonchev–Trinajstić information content (AvgIpc) is 3.05. The number of anilines is 2. The van der Waals surface area contributed by atoms with E-state index >= 15 is 0 Å². The van der Waals surface area contributed by atoms with E-state index in [-0.39, 0.29) is 16.5 Å². The monoisotopic (exact) mass is 433 g/mol. The summed E-state index contributed by atoms with van der Waals surface area (Å²) >= 11 is 12.3. The second-order valence-electron chi connectivity index (χ2n) is 5.95. The largest absolute Gasteiger partial charge is 0.323 e. The fourth-order valence-electron chi connectivity index (χ4n) is 2.80. The number of fused-ring (bicyclic) bond motifs is 1. The second kappa shape index (κ2) is 7.65. The number of carbonyl (C=O) groups excluding carboxylic acids is 1. The Labute approximate surface area is 173 Å². The fourth-order valence-corrected chi connectivity index (χ4v) is 3.20. The summed E-state index contributed by atoms with van der Waals surface area (Å²) in [7, 11) is 0. The van der Waals surface area contributed by atoms with E-state index in [2.05, 4.69) is 20.7 Å². The molecule has 4 rings (SSSR count). The lowest BCUT2D eigenvalue weighted by Crippen LogP contribution is -2.21. The third kappa shape index (κ3) is 3.85. The Bertz CT molecular complexity index is 1240. The molecule has 0 unspecified atom stereocenters. The van der Waals surface area contributed by atoms with Gasteiger partial charge >= 0.3 is 6.03 Å². The van der Waals surface area contributed by atoms with E-state index in [0.29, 0.717) is 27.9 Å². The lowest BCUT2D eigenvalue weighted by molar-refractivity contribution is 0.262. The maximum Gasteiger partial charge on any atom is 0.323 e. The SMILES string of the molecule is O=C(Nc1ccc(F)cc1F)Nc1cnn2cc(Cl)nc2c1-c1ccccc1Cl. The van der Waals surface area contributed by atoms with Crippen LogP contribution in [0.1, 0.15) is 0 Å². The summed E-state index contributed by atoms with van der Waals surface area (Å²) in [6, 6.07) is 9.06. The lowest BCUT2D eigenvalue weighted by Gasteiger charge is -2.14. The van der Waals surface area contributed by atoms with E-state index in [9.17, 15) is 13.6 Å². The first-order valence-corrected chi connectivity index (χ1v) is 9.00. The van der Waals surface area contributed by atoms with Gasteiger partial charge in [0.25, 0.3) is 0 Å². The molecule has 2 N–H and O–H groups in total. The first-order chi connectivity index (χ1) is 13.9. The van der Waals surface area contributed by atoms with Gasteiger partial charge in [-0.3, -0.25) is 0 Å². The van der Waals surface area contributed by atoms with Crippen LogP contribution in [-0.4, -0.2) is 20.6 Å². The predicted molar refractivity (Wildman–Crippen MR) is 107 cm³/mol. The van der Waals surface area contributed by atoms with Gasteiger partial charge in [0.05, 0.1) is 29.3 Å². The molecule has 0 aliphatic carbocycles. The van der Waals surface area contributed by atoms with Crippen molar-refractivity contribution in [2.75, 3.05) is 10.6 Å². The molecule has 0 radical (unpaired) electrons. The van der Waals surface area contributed by atoms with E-state index in [1.165, 1.54) is 16.9 Å². The van der Waals surface area contributed by atoms with Crippen LogP contribution in [0.15, 0.2) is 54.9 Å². The number of urea groups is 1. The van der Waals surface area contributed by atoms with Gasteiger partial charge < -0.3 is 10.6 Å². The maximum absolute atomic E-state index is 13.8. The molecule has 0 aliphatic rings. The van der Waals surface area contributed by atoms with Gasteiger partial charge in [0.15, 0.2) is 5.65 Å². The number of benzene rings is 2. The number of amides is 2. The highest BCUT2D eigenvalue weighted by atomic mass is 35.5. The molecule has 146 valence electrons. The summed E-state index contributed by atoms with van der Waals surface area (Å²) in [6.07, 6.45) is 2.90. The molecular formula is C19H11Cl2F2N5O. The minimum absolute atomic E-state index is 0.180. The molecule has 0 atom stereocenters. The highest BCUT2D eigenvalue weighted by Gasteiger charge is 2.18. The van der Waals surface area contributed by atoms with Gasteiger partial charge in [0.2, 0.25) is 0 Å². The Balaban J connectivity index is 1.74. The van der Waals surface area contributed by atoms with E-state index in [4.69, 9.17) is 23.2 Å². The number of carbonyl (C=O) groups is 1. The molecule has 2 amide bonds. The number of imidazole rings is 1. The summed E-state index contributed by atoms with van der Waals surface area (Å²) in [5.41, 5.74) is 1.53. The molecule has 0 bridgehead atoms. The van der Waals surface area contributed by atoms with Crippen LogP contribution in [0, 0.1) is 11.6 Å². The van der Waals surface area contributed by atoms with Crippen molar-refractivity contribution in [1.82, 2.24) is 14.6 Å². The van der Waals surface area contributed by atoms with Crippen molar-refractivity contribution in [2.24, 2.45) is 0 Å². The first-order valence-electron chi connectivity index (χ1n) is 8.24. The molecule has 2 aromatic carbocycles. The van der Waals surface area contributed by atoms with Crippen LogP contribution in [0.2, 0.25) is 10.2 Å². The number of hydrogen-bond acceptors (Lipinski definition) is 3. The Morgan fingerprint density at radius 1 is 1.03 bits per heavy atom. The molecule has 0 fully saturated rings. The maximum atomic E-state index is 13.8. The molecule has 0 spiro atoms. The normalized spacial score (nSPS) is 10.9. The quantitative estimate of drug-likeness (QED) is 0.440. The third-order valence-corrected chi connectivity index (χ3v) is 4.55. The van der Waals surface area contributed by atoms with E-state index in [0.717, 1.165) is 12.1 Å². The Hall–Kier alpha value is -3.23. The number of hydrogen-bond donors (Lipinski definition) is 2. The zero-order valence-electron chi connectivity index (χ0n) is 14.5. The van der Waals surface area contributed by atoms with Gasteiger partial charge in [-0.15, -0.1) is 0 Å². The molecule has 0 aliphatic heterocycles. The van der Waals surface area contributed by atoms with Crippen LogP contribution < -0.4 is 10.6 Å². The number of aromatic nitrogens is 3. The van der Waals surface area contributed by atoms with Gasteiger partial charge in [-0.25, -0.2) is 23.1 Å². The van der Waals surface area contributed by atoms with Crippen LogP contribution in [0.3, 0.4) is 0 Å². The molecule has 0 saturated heterocycles. The minimum Gasteiger partial charge on any atom is -0.305 e. The summed E-state index contributed by atoms with van der Waals surface area (Å²) in [4.78, 5) is 16.7. The van der Waals surface area contributed by atoms with Crippen LogP contribution in [0.25, 0.3) is 16.8 Å². The van der Waals surface area contributed by atoms with Crippen LogP contribution >= 0.6 is 23.2 Å². The molecule has 6 nitrogen and oxygen atoms in total. The van der Waals surface area contributed by atoms with Crippen molar-refractivity contribution in [3.63, 3.8) is 0 Å². The van der Waals surface area contributed by atoms with Crippen molar-refractivity contribution < 1.29 is 13.6 Å². The van der Waals surface area contributed by atoms with Gasteiger partial charge in [-0.05, 0) is 18.2 Å². The Morgan fingerprint density at radius 3 is 2.55 bits per heavy atom. The predicted octanol–water partition coefficient (Wildman–Crippen LogP) is 5.63. The van der Waals surface area contributed by atoms with E-state index < -0.39 is 17.7 Å². The molecule has 29 heavy (non-hydrogen) atoms. The van der Waals surface area contributed by atoms with Gasteiger partial charge in [-0.1, -0.05) is 41.4 Å². The van der Waals surface area contributed by atoms with Crippen molar-refractivity contribution in [2.45, 2.75) is 0 Å². The third-order valence-electron chi connectivity index (χ3n) is 4.03. The molecular weight excluding hydrogens is 423 g/mol. The average molecular weight is 434 g/mol. The van der Waals surface area contributed by atoms with Crippen LogP contribution in [-0.2, 0) is 0 Å². The van der Waals surface area contributed by atoms with Crippen LogP contribution in [0.5, 0.6) is 0 Å². The zero-order valence-corrected chi connectivity index (χ0v) is 16.0. The smallest absolute Gasteiger partial charge is 0.305 e. The molecule has 2 aromatic heterocycles. The Morgan fingerprint density at radius 2 is 1.79 bits per heavy atom. The molecule has 2 heterocycles. The van der Waals surface area contributed by atoms with Gasteiger partial charge in [0.1, 0.15) is 16.8 Å². The van der Waals surface area contributed by atoms with Crippen molar-refractivity contribution in [3.8, 4) is 11.1 Å². The number of halogens is 4. The minimum atomic E-state index is -0.903. The lowest BCUT2D eigenvalue weighted by atomic mass is 10.1. The molecule has 0 saturated carbocycles. The highest BCUT2D eigenvalue weighted by Crippen LogP contribution is 2.36. The van der Waals surface area contributed by atoms with Gasteiger partial charge in [0, 0.05) is 16.7 Å². The first kappa shape index (κ1) is 19.1. The molecule has 10 heteroatoms. The van der Waals surface area contributed by atoms with Crippen molar-refractivity contribution in [1.29, 1.82) is 0 Å². The van der Waals surface area contributed by atoms with E-state index in [1.807, 2.05) is 0 Å². The van der Waals surface area contributed by atoms with Crippen LogP contribution in [0.4, 0.5) is 25.0 Å². The summed E-state index contributed by atoms with van der Waals surface area (Å²) < 4.78 is 28.3.